The van der Waals surface area contributed by atoms with Crippen molar-refractivity contribution >= 4 is 29.1 Å². The van der Waals surface area contributed by atoms with Crippen LogP contribution in [0.25, 0.3) is 0 Å². The minimum Gasteiger partial charge on any atom is -0.260 e. The van der Waals surface area contributed by atoms with E-state index in [1.54, 1.807) is 0 Å². The van der Waals surface area contributed by atoms with Gasteiger partial charge in [-0.15, -0.1) is 0 Å². The molecule has 0 amide bonds. The predicted octanol–water partition coefficient (Wildman–Crippen LogP) is 1.98. The van der Waals surface area contributed by atoms with Crippen LogP contribution in [0.4, 0.5) is 5.69 Å². The van der Waals surface area contributed by atoms with Crippen LogP contribution in [0.15, 0.2) is 34.8 Å². The van der Waals surface area contributed by atoms with Gasteiger partial charge in [-0.25, -0.2) is 15.0 Å². The van der Waals surface area contributed by atoms with E-state index in [0.29, 0.717) is 5.03 Å². The highest BCUT2D eigenvalue weighted by Crippen LogP contribution is 2.31. The molecule has 0 fully saturated rings. The SMILES string of the molecule is O=[N+]([O-])c1cnc(Cl)nc1Sc1cnccn1. The van der Waals surface area contributed by atoms with Crippen LogP contribution < -0.4 is 0 Å². The molecule has 0 saturated heterocycles. The van der Waals surface area contributed by atoms with Crippen LogP contribution in [-0.2, 0) is 0 Å². The second-order valence-corrected chi connectivity index (χ2v) is 4.08. The lowest BCUT2D eigenvalue weighted by Crippen LogP contribution is -1.96. The monoisotopic (exact) mass is 269 g/mol. The summed E-state index contributed by atoms with van der Waals surface area (Å²) in [5.74, 6) is 0. The Hall–Kier alpha value is -1.80. The predicted molar refractivity (Wildman–Crippen MR) is 59.9 cm³/mol. The molecule has 0 saturated carbocycles. The molecule has 2 heterocycles. The van der Waals surface area contributed by atoms with Crippen molar-refractivity contribution in [3.05, 3.63) is 40.2 Å². The first-order valence-corrected chi connectivity index (χ1v) is 5.47. The summed E-state index contributed by atoms with van der Waals surface area (Å²) in [6.45, 7) is 0. The van der Waals surface area contributed by atoms with Crippen molar-refractivity contribution in [3.8, 4) is 0 Å². The molecule has 0 bridgehead atoms. The van der Waals surface area contributed by atoms with Gasteiger partial charge >= 0.3 is 5.69 Å². The number of nitro groups is 1. The summed E-state index contributed by atoms with van der Waals surface area (Å²) in [5, 5.41) is 11.3. The van der Waals surface area contributed by atoms with Gasteiger partial charge in [0.25, 0.3) is 0 Å². The molecule has 0 aromatic carbocycles. The van der Waals surface area contributed by atoms with Crippen LogP contribution in [-0.4, -0.2) is 24.9 Å². The topological polar surface area (TPSA) is 94.7 Å². The average molecular weight is 270 g/mol. The molecule has 9 heteroatoms. The third-order valence-corrected chi connectivity index (χ3v) is 2.74. The van der Waals surface area contributed by atoms with E-state index >= 15 is 0 Å². The minimum absolute atomic E-state index is 0.0537. The molecule has 0 N–H and O–H groups in total. The maximum absolute atomic E-state index is 10.8. The number of rotatable bonds is 3. The summed E-state index contributed by atoms with van der Waals surface area (Å²) >= 11 is 6.60. The van der Waals surface area contributed by atoms with Crippen LogP contribution in [0.1, 0.15) is 0 Å². The van der Waals surface area contributed by atoms with E-state index in [-0.39, 0.29) is 16.0 Å². The molecule has 86 valence electrons. The van der Waals surface area contributed by atoms with E-state index in [1.807, 2.05) is 0 Å². The molecule has 0 radical (unpaired) electrons. The fourth-order valence-corrected chi connectivity index (χ4v) is 1.95. The molecule has 17 heavy (non-hydrogen) atoms. The average Bonchev–Trinajstić information content (AvgIpc) is 2.30. The molecule has 0 aliphatic rings. The molecule has 0 spiro atoms. The first kappa shape index (κ1) is 11.7. The summed E-state index contributed by atoms with van der Waals surface area (Å²) in [6, 6.07) is 0. The molecule has 7 nitrogen and oxygen atoms in total. The smallest absolute Gasteiger partial charge is 0.260 e. The van der Waals surface area contributed by atoms with Gasteiger partial charge in [0, 0.05) is 12.4 Å². The van der Waals surface area contributed by atoms with Gasteiger partial charge in [0.15, 0.2) is 5.03 Å². The molecule has 0 aliphatic heterocycles. The van der Waals surface area contributed by atoms with Crippen molar-refractivity contribution in [1.82, 2.24) is 19.9 Å². The van der Waals surface area contributed by atoms with Crippen LogP contribution in [0.2, 0.25) is 5.28 Å². The Bertz CT molecular complexity index is 553. The fourth-order valence-electron chi connectivity index (χ4n) is 0.977. The number of hydrogen-bond donors (Lipinski definition) is 0. The highest BCUT2D eigenvalue weighted by atomic mass is 35.5. The summed E-state index contributed by atoms with van der Waals surface area (Å²) in [6.07, 6.45) is 5.53. The molecule has 2 aromatic heterocycles. The quantitative estimate of drug-likeness (QED) is 0.364. The van der Waals surface area contributed by atoms with Crippen molar-refractivity contribution in [2.75, 3.05) is 0 Å². The number of hydrogen-bond acceptors (Lipinski definition) is 7. The lowest BCUT2D eigenvalue weighted by Gasteiger charge is -2.00. The molecular formula is C8H4ClN5O2S. The van der Waals surface area contributed by atoms with Gasteiger partial charge in [0.2, 0.25) is 5.28 Å². The van der Waals surface area contributed by atoms with Crippen molar-refractivity contribution in [2.45, 2.75) is 10.1 Å². The van der Waals surface area contributed by atoms with Gasteiger partial charge in [-0.2, -0.15) is 0 Å². The van der Waals surface area contributed by atoms with E-state index in [1.165, 1.54) is 18.6 Å². The Morgan fingerprint density at radius 1 is 1.29 bits per heavy atom. The van der Waals surface area contributed by atoms with Crippen LogP contribution in [0.3, 0.4) is 0 Å². The van der Waals surface area contributed by atoms with E-state index in [2.05, 4.69) is 19.9 Å². The third kappa shape index (κ3) is 2.86. The lowest BCUT2D eigenvalue weighted by atomic mass is 10.6. The molecular weight excluding hydrogens is 266 g/mol. The molecule has 0 unspecified atom stereocenters. The van der Waals surface area contributed by atoms with Crippen LogP contribution in [0, 0.1) is 10.1 Å². The molecule has 2 aromatic rings. The van der Waals surface area contributed by atoms with Crippen LogP contribution in [0.5, 0.6) is 0 Å². The van der Waals surface area contributed by atoms with E-state index in [9.17, 15) is 10.1 Å². The second kappa shape index (κ2) is 5.02. The highest BCUT2D eigenvalue weighted by Gasteiger charge is 2.18. The van der Waals surface area contributed by atoms with Gasteiger partial charge in [-0.1, -0.05) is 0 Å². The summed E-state index contributed by atoms with van der Waals surface area (Å²) < 4.78 is 0. The van der Waals surface area contributed by atoms with E-state index < -0.39 is 4.92 Å². The number of aromatic nitrogens is 4. The molecule has 2 rings (SSSR count). The maximum atomic E-state index is 10.8. The summed E-state index contributed by atoms with van der Waals surface area (Å²) in [7, 11) is 0. The highest BCUT2D eigenvalue weighted by molar-refractivity contribution is 7.99. The molecule has 0 aliphatic carbocycles. The number of nitrogens with zero attached hydrogens (tertiary/aromatic N) is 5. The third-order valence-electron chi connectivity index (χ3n) is 1.64. The summed E-state index contributed by atoms with van der Waals surface area (Å²) in [5.41, 5.74) is -0.218. The summed E-state index contributed by atoms with van der Waals surface area (Å²) in [4.78, 5) is 25.4. The van der Waals surface area contributed by atoms with Crippen LogP contribution >= 0.6 is 23.4 Å². The van der Waals surface area contributed by atoms with Crippen molar-refractivity contribution in [3.63, 3.8) is 0 Å². The second-order valence-electron chi connectivity index (χ2n) is 2.73. The van der Waals surface area contributed by atoms with E-state index in [0.717, 1.165) is 18.0 Å². The van der Waals surface area contributed by atoms with Crippen molar-refractivity contribution < 1.29 is 4.92 Å². The Morgan fingerprint density at radius 3 is 2.76 bits per heavy atom. The van der Waals surface area contributed by atoms with Crippen molar-refractivity contribution in [2.24, 2.45) is 0 Å². The van der Waals surface area contributed by atoms with Gasteiger partial charge in [0.1, 0.15) is 11.2 Å². The Labute approximate surface area is 104 Å². The lowest BCUT2D eigenvalue weighted by molar-refractivity contribution is -0.388. The number of halogens is 1. The standard InChI is InChI=1S/C8H4ClN5O2S/c9-8-12-3-5(14(15)16)7(13-8)17-6-4-10-1-2-11-6/h1-4H. The van der Waals surface area contributed by atoms with Gasteiger partial charge < -0.3 is 0 Å². The van der Waals surface area contributed by atoms with Gasteiger partial charge in [0.05, 0.1) is 11.1 Å². The molecule has 0 atom stereocenters. The fraction of sp³-hybridized carbons (Fsp3) is 0. The zero-order chi connectivity index (χ0) is 12.3. The Balaban J connectivity index is 2.37. The maximum Gasteiger partial charge on any atom is 0.320 e. The Kier molecular flexibility index (Phi) is 3.45. The largest absolute Gasteiger partial charge is 0.320 e. The normalized spacial score (nSPS) is 10.2. The first-order valence-electron chi connectivity index (χ1n) is 4.27. The van der Waals surface area contributed by atoms with Gasteiger partial charge in [-0.3, -0.25) is 15.1 Å². The minimum atomic E-state index is -0.574. The van der Waals surface area contributed by atoms with E-state index in [4.69, 9.17) is 11.6 Å². The Morgan fingerprint density at radius 2 is 2.12 bits per heavy atom. The van der Waals surface area contributed by atoms with Crippen molar-refractivity contribution in [1.29, 1.82) is 0 Å². The zero-order valence-corrected chi connectivity index (χ0v) is 9.72. The first-order chi connectivity index (χ1) is 8.16. The zero-order valence-electron chi connectivity index (χ0n) is 8.15. The van der Waals surface area contributed by atoms with Gasteiger partial charge in [-0.05, 0) is 23.4 Å².